The second-order valence-electron chi connectivity index (χ2n) is 4.89. The summed E-state index contributed by atoms with van der Waals surface area (Å²) >= 11 is 0. The highest BCUT2D eigenvalue weighted by molar-refractivity contribution is 5.50. The molecule has 126 valence electrons. The van der Waals surface area contributed by atoms with Crippen LogP contribution in [0.15, 0.2) is 35.3 Å². The van der Waals surface area contributed by atoms with Gasteiger partial charge in [-0.15, -0.1) is 0 Å². The molecule has 3 rings (SSSR count). The Morgan fingerprint density at radius 3 is 2.39 bits per heavy atom. The molecule has 3 N–H and O–H groups in total. The van der Waals surface area contributed by atoms with Crippen molar-refractivity contribution in [1.29, 1.82) is 0 Å². The Morgan fingerprint density at radius 2 is 1.83 bits per heavy atom. The molecule has 2 aromatic rings. The summed E-state index contributed by atoms with van der Waals surface area (Å²) in [6, 6.07) is 7.97. The highest BCUT2D eigenvalue weighted by atomic mass is 16.1. The van der Waals surface area contributed by atoms with Crippen LogP contribution in [0.25, 0.3) is 5.69 Å². The maximum absolute atomic E-state index is 12.0. The summed E-state index contributed by atoms with van der Waals surface area (Å²) in [5, 5.41) is 3.19. The molecule has 5 heteroatoms. The maximum Gasteiger partial charge on any atom is 0.354 e. The van der Waals surface area contributed by atoms with Crippen molar-refractivity contribution in [3.8, 4) is 5.69 Å². The van der Waals surface area contributed by atoms with Crippen LogP contribution in [0.1, 0.15) is 45.7 Å². The molecule has 1 aliphatic heterocycles. The first-order valence-corrected chi connectivity index (χ1v) is 8.36. The van der Waals surface area contributed by atoms with E-state index in [4.69, 9.17) is 5.73 Å². The molecule has 1 unspecified atom stereocenters. The third-order valence-corrected chi connectivity index (χ3v) is 3.36. The highest BCUT2D eigenvalue weighted by Gasteiger charge is 2.19. The predicted molar refractivity (Wildman–Crippen MR) is 97.2 cm³/mol. The standard InChI is InChI=1S/C14H16N4O.2C2H6/c1-9-6-11-8-18(14(19)17-13(11)16-9)12-4-2-10(7-15)3-5-12;2*1-2/h2-5,8-9H,6-7,15H2,1H3,(H,16,17,19);2*1-2H3. The van der Waals surface area contributed by atoms with E-state index in [9.17, 15) is 4.79 Å². The van der Waals surface area contributed by atoms with E-state index in [1.807, 2.05) is 58.2 Å². The van der Waals surface area contributed by atoms with Gasteiger partial charge in [0.1, 0.15) is 5.82 Å². The number of hydrogen-bond acceptors (Lipinski definition) is 4. The molecule has 1 aromatic carbocycles. The first kappa shape index (κ1) is 18.9. The molecular formula is C18H28N4O. The number of benzene rings is 1. The van der Waals surface area contributed by atoms with Crippen LogP contribution in [0.3, 0.4) is 0 Å². The largest absolute Gasteiger partial charge is 0.367 e. The third-order valence-electron chi connectivity index (χ3n) is 3.36. The summed E-state index contributed by atoms with van der Waals surface area (Å²) in [4.78, 5) is 16.1. The quantitative estimate of drug-likeness (QED) is 0.893. The molecule has 23 heavy (non-hydrogen) atoms. The van der Waals surface area contributed by atoms with E-state index in [1.165, 1.54) is 0 Å². The van der Waals surface area contributed by atoms with Crippen LogP contribution < -0.4 is 16.7 Å². The number of nitrogens with zero attached hydrogens (tertiary/aromatic N) is 2. The van der Waals surface area contributed by atoms with Gasteiger partial charge in [-0.1, -0.05) is 39.8 Å². The zero-order chi connectivity index (χ0) is 17.4. The molecule has 0 bridgehead atoms. The molecule has 1 atom stereocenters. The van der Waals surface area contributed by atoms with E-state index in [2.05, 4.69) is 17.2 Å². The van der Waals surface area contributed by atoms with E-state index in [0.29, 0.717) is 18.4 Å². The lowest BCUT2D eigenvalue weighted by Crippen LogP contribution is -2.22. The van der Waals surface area contributed by atoms with E-state index >= 15 is 0 Å². The van der Waals surface area contributed by atoms with Crippen molar-refractivity contribution < 1.29 is 0 Å². The van der Waals surface area contributed by atoms with Gasteiger partial charge in [0, 0.05) is 24.3 Å². The van der Waals surface area contributed by atoms with Gasteiger partial charge in [-0.05, 0) is 31.0 Å². The molecule has 1 aromatic heterocycles. The van der Waals surface area contributed by atoms with Gasteiger partial charge >= 0.3 is 5.69 Å². The zero-order valence-corrected chi connectivity index (χ0v) is 14.8. The Balaban J connectivity index is 0.000000615. The molecule has 0 aliphatic carbocycles. The van der Waals surface area contributed by atoms with Gasteiger partial charge in [-0.3, -0.25) is 4.57 Å². The number of nitrogens with two attached hydrogens (primary N) is 1. The summed E-state index contributed by atoms with van der Waals surface area (Å²) in [7, 11) is 0. The van der Waals surface area contributed by atoms with Crippen LogP contribution in [-0.4, -0.2) is 15.6 Å². The van der Waals surface area contributed by atoms with Gasteiger partial charge in [0.25, 0.3) is 0 Å². The molecule has 0 amide bonds. The summed E-state index contributed by atoms with van der Waals surface area (Å²) < 4.78 is 1.58. The number of hydrogen-bond donors (Lipinski definition) is 2. The van der Waals surface area contributed by atoms with Gasteiger partial charge in [-0.25, -0.2) is 4.79 Å². The lowest BCUT2D eigenvalue weighted by atomic mass is 10.2. The molecule has 0 spiro atoms. The minimum absolute atomic E-state index is 0.263. The van der Waals surface area contributed by atoms with Crippen LogP contribution in [0.4, 0.5) is 5.82 Å². The lowest BCUT2D eigenvalue weighted by molar-refractivity contribution is 0.833. The third kappa shape index (κ3) is 4.42. The highest BCUT2D eigenvalue weighted by Crippen LogP contribution is 2.22. The number of nitrogens with one attached hydrogen (secondary N) is 1. The Bertz CT molecular complexity index is 662. The van der Waals surface area contributed by atoms with Crippen LogP contribution in [0, 0.1) is 0 Å². The average Bonchev–Trinajstić information content (AvgIpc) is 2.97. The fraction of sp³-hybridized carbons (Fsp3) is 0.444. The topological polar surface area (TPSA) is 72.9 Å². The fourth-order valence-corrected chi connectivity index (χ4v) is 2.36. The van der Waals surface area contributed by atoms with E-state index in [-0.39, 0.29) is 5.69 Å². The monoisotopic (exact) mass is 316 g/mol. The fourth-order valence-electron chi connectivity index (χ4n) is 2.36. The van der Waals surface area contributed by atoms with Gasteiger partial charge in [0.2, 0.25) is 0 Å². The van der Waals surface area contributed by atoms with Gasteiger partial charge in [-0.2, -0.15) is 4.98 Å². The van der Waals surface area contributed by atoms with Gasteiger partial charge in [0.05, 0.1) is 5.69 Å². The van der Waals surface area contributed by atoms with Gasteiger partial charge < -0.3 is 11.1 Å². The Kier molecular flexibility index (Phi) is 7.48. The number of fused-ring (bicyclic) bond motifs is 1. The molecule has 0 saturated heterocycles. The van der Waals surface area contributed by atoms with Gasteiger partial charge in [0.15, 0.2) is 0 Å². The normalized spacial score (nSPS) is 14.6. The first-order chi connectivity index (χ1) is 11.2. The number of aromatic nitrogens is 2. The van der Waals surface area contributed by atoms with Crippen LogP contribution >= 0.6 is 0 Å². The summed E-state index contributed by atoms with van der Waals surface area (Å²) in [6.45, 7) is 10.6. The predicted octanol–water partition coefficient (Wildman–Crippen LogP) is 3.10. The van der Waals surface area contributed by atoms with Crippen molar-refractivity contribution in [3.63, 3.8) is 0 Å². The van der Waals surface area contributed by atoms with Crippen molar-refractivity contribution in [2.75, 3.05) is 5.32 Å². The summed E-state index contributed by atoms with van der Waals surface area (Å²) in [6.07, 6.45) is 2.77. The first-order valence-electron chi connectivity index (χ1n) is 8.36. The van der Waals surface area contributed by atoms with Crippen molar-refractivity contribution in [2.45, 2.75) is 53.6 Å². The van der Waals surface area contributed by atoms with Crippen LogP contribution in [0.2, 0.25) is 0 Å². The SMILES string of the molecule is CC.CC.CC1Cc2cn(-c3ccc(CN)cc3)c(=O)nc2N1. The molecule has 5 nitrogen and oxygen atoms in total. The number of anilines is 1. The van der Waals surface area contributed by atoms with Crippen molar-refractivity contribution >= 4 is 5.82 Å². The van der Waals surface area contributed by atoms with E-state index in [0.717, 1.165) is 23.2 Å². The maximum atomic E-state index is 12.0. The van der Waals surface area contributed by atoms with E-state index < -0.39 is 0 Å². The molecule has 2 heterocycles. The molecular weight excluding hydrogens is 288 g/mol. The Labute approximate surface area is 138 Å². The minimum Gasteiger partial charge on any atom is -0.367 e. The number of rotatable bonds is 2. The Hall–Kier alpha value is -2.14. The lowest BCUT2D eigenvalue weighted by Gasteiger charge is -2.07. The van der Waals surface area contributed by atoms with E-state index in [1.54, 1.807) is 4.57 Å². The molecule has 0 fully saturated rings. The van der Waals surface area contributed by atoms with Crippen molar-refractivity contribution in [3.05, 3.63) is 52.1 Å². The molecule has 0 saturated carbocycles. The minimum atomic E-state index is -0.263. The molecule has 1 aliphatic rings. The summed E-state index contributed by atoms with van der Waals surface area (Å²) in [5.41, 5.74) is 8.24. The van der Waals surface area contributed by atoms with Crippen molar-refractivity contribution in [1.82, 2.24) is 9.55 Å². The summed E-state index contributed by atoms with van der Waals surface area (Å²) in [5.74, 6) is 0.715. The van der Waals surface area contributed by atoms with Crippen LogP contribution in [-0.2, 0) is 13.0 Å². The second-order valence-corrected chi connectivity index (χ2v) is 4.89. The van der Waals surface area contributed by atoms with Crippen molar-refractivity contribution in [2.24, 2.45) is 5.73 Å². The smallest absolute Gasteiger partial charge is 0.354 e. The van der Waals surface area contributed by atoms with Crippen LogP contribution in [0.5, 0.6) is 0 Å². The second kappa shape index (κ2) is 9.10. The Morgan fingerprint density at radius 1 is 1.22 bits per heavy atom. The molecule has 0 radical (unpaired) electrons. The average molecular weight is 316 g/mol. The zero-order valence-electron chi connectivity index (χ0n) is 14.8.